The second kappa shape index (κ2) is 4.05. The number of hydrogen-bond acceptors (Lipinski definition) is 1. The maximum Gasteiger partial charge on any atom is 0.159 e. The predicted molar refractivity (Wildman–Crippen MR) is 50.8 cm³/mol. The molecule has 1 aromatic carbocycles. The molecule has 0 amide bonds. The van der Waals surface area contributed by atoms with Gasteiger partial charge in [-0.15, -0.1) is 0 Å². The van der Waals surface area contributed by atoms with E-state index in [0.29, 0.717) is 12.0 Å². The van der Waals surface area contributed by atoms with E-state index < -0.39 is 17.2 Å². The highest BCUT2D eigenvalue weighted by molar-refractivity contribution is 5.23. The van der Waals surface area contributed by atoms with Gasteiger partial charge in [-0.2, -0.15) is 0 Å². The molecule has 0 heterocycles. The highest BCUT2D eigenvalue weighted by Crippen LogP contribution is 2.26. The van der Waals surface area contributed by atoms with Crippen LogP contribution in [0.5, 0.6) is 0 Å². The molecule has 0 saturated heterocycles. The molecule has 0 radical (unpaired) electrons. The molecule has 1 N–H and O–H groups in total. The van der Waals surface area contributed by atoms with Gasteiger partial charge < -0.3 is 5.11 Å². The first-order chi connectivity index (χ1) is 6.47. The normalized spacial score (nSPS) is 15.2. The van der Waals surface area contributed by atoms with Crippen molar-refractivity contribution in [2.45, 2.75) is 32.3 Å². The molecule has 0 aliphatic carbocycles. The van der Waals surface area contributed by atoms with Crippen molar-refractivity contribution in [1.82, 2.24) is 0 Å². The third-order valence-electron chi connectivity index (χ3n) is 2.28. The van der Waals surface area contributed by atoms with Gasteiger partial charge in [0, 0.05) is 0 Å². The van der Waals surface area contributed by atoms with E-state index >= 15 is 0 Å². The molecular weight excluding hydrogens is 186 g/mol. The Morgan fingerprint density at radius 2 is 1.93 bits per heavy atom. The maximum absolute atomic E-state index is 12.9. The van der Waals surface area contributed by atoms with Gasteiger partial charge in [-0.05, 0) is 31.0 Å². The van der Waals surface area contributed by atoms with Crippen LogP contribution in [0.2, 0.25) is 0 Å². The summed E-state index contributed by atoms with van der Waals surface area (Å²) in [6.07, 6.45) is 1.31. The van der Waals surface area contributed by atoms with Crippen molar-refractivity contribution in [3.05, 3.63) is 35.4 Å². The number of aliphatic hydroxyl groups is 1. The van der Waals surface area contributed by atoms with Crippen molar-refractivity contribution >= 4 is 0 Å². The Morgan fingerprint density at radius 3 is 2.43 bits per heavy atom. The zero-order valence-electron chi connectivity index (χ0n) is 8.35. The summed E-state index contributed by atoms with van der Waals surface area (Å²) in [5.74, 6) is -1.81. The minimum absolute atomic E-state index is 0.415. The Morgan fingerprint density at radius 1 is 1.29 bits per heavy atom. The Labute approximate surface area is 82.4 Å². The highest BCUT2D eigenvalue weighted by Gasteiger charge is 2.22. The molecule has 0 saturated carbocycles. The molecular formula is C11H14F2O. The topological polar surface area (TPSA) is 20.2 Å². The molecule has 3 heteroatoms. The van der Waals surface area contributed by atoms with Crippen molar-refractivity contribution in [1.29, 1.82) is 0 Å². The van der Waals surface area contributed by atoms with Crippen LogP contribution in [0, 0.1) is 11.6 Å². The van der Waals surface area contributed by atoms with Gasteiger partial charge in [-0.25, -0.2) is 8.78 Å². The van der Waals surface area contributed by atoms with Crippen LogP contribution in [0.4, 0.5) is 8.78 Å². The van der Waals surface area contributed by atoms with E-state index in [-0.39, 0.29) is 0 Å². The summed E-state index contributed by atoms with van der Waals surface area (Å²) in [6, 6.07) is 3.49. The van der Waals surface area contributed by atoms with E-state index in [1.165, 1.54) is 6.07 Å². The lowest BCUT2D eigenvalue weighted by Crippen LogP contribution is -2.20. The first kappa shape index (κ1) is 11.1. The zero-order valence-corrected chi connectivity index (χ0v) is 8.35. The monoisotopic (exact) mass is 200 g/mol. The first-order valence-electron chi connectivity index (χ1n) is 4.65. The molecule has 1 aromatic rings. The molecule has 1 nitrogen and oxygen atoms in total. The summed E-state index contributed by atoms with van der Waals surface area (Å²) in [6.45, 7) is 3.53. The van der Waals surface area contributed by atoms with Gasteiger partial charge in [-0.1, -0.05) is 19.4 Å². The molecule has 14 heavy (non-hydrogen) atoms. The molecule has 0 aromatic heterocycles. The third-order valence-corrected chi connectivity index (χ3v) is 2.28. The van der Waals surface area contributed by atoms with Crippen LogP contribution in [0.15, 0.2) is 18.2 Å². The summed E-state index contributed by atoms with van der Waals surface area (Å²) >= 11 is 0. The molecule has 78 valence electrons. The maximum atomic E-state index is 12.9. The second-order valence-corrected chi connectivity index (χ2v) is 3.65. The summed E-state index contributed by atoms with van der Waals surface area (Å²) < 4.78 is 25.5. The Hall–Kier alpha value is -0.960. The first-order valence-corrected chi connectivity index (χ1v) is 4.65. The minimum atomic E-state index is -1.08. The summed E-state index contributed by atoms with van der Waals surface area (Å²) in [7, 11) is 0. The van der Waals surface area contributed by atoms with Gasteiger partial charge in [0.1, 0.15) is 0 Å². The van der Waals surface area contributed by atoms with Crippen LogP contribution >= 0.6 is 0 Å². The number of halogens is 2. The molecule has 1 rings (SSSR count). The molecule has 1 atom stereocenters. The summed E-state index contributed by atoms with van der Waals surface area (Å²) in [4.78, 5) is 0. The quantitative estimate of drug-likeness (QED) is 0.795. The van der Waals surface area contributed by atoms with Crippen molar-refractivity contribution in [2.24, 2.45) is 0 Å². The second-order valence-electron chi connectivity index (χ2n) is 3.65. The Balaban J connectivity index is 3.01. The Kier molecular flexibility index (Phi) is 3.21. The molecule has 0 unspecified atom stereocenters. The Bertz CT molecular complexity index is 321. The smallest absolute Gasteiger partial charge is 0.159 e. The van der Waals surface area contributed by atoms with E-state index in [4.69, 9.17) is 0 Å². The standard InChI is InChI=1S/C11H14F2O/c1-3-6-11(2,14)8-4-5-9(12)10(13)7-8/h4-5,7,14H,3,6H2,1-2H3/t11-/m1/s1. The number of hydrogen-bond donors (Lipinski definition) is 1. The van der Waals surface area contributed by atoms with E-state index in [1.807, 2.05) is 6.92 Å². The lowest BCUT2D eigenvalue weighted by atomic mass is 9.91. The molecule has 0 fully saturated rings. The third kappa shape index (κ3) is 2.29. The van der Waals surface area contributed by atoms with Crippen LogP contribution < -0.4 is 0 Å². The van der Waals surface area contributed by atoms with Crippen molar-refractivity contribution in [3.63, 3.8) is 0 Å². The van der Waals surface area contributed by atoms with Gasteiger partial charge in [0.05, 0.1) is 5.60 Å². The van der Waals surface area contributed by atoms with Crippen LogP contribution in [0.25, 0.3) is 0 Å². The van der Waals surface area contributed by atoms with Crippen LogP contribution in [-0.4, -0.2) is 5.11 Å². The lowest BCUT2D eigenvalue weighted by Gasteiger charge is -2.23. The van der Waals surface area contributed by atoms with Crippen molar-refractivity contribution in [3.8, 4) is 0 Å². The van der Waals surface area contributed by atoms with Gasteiger partial charge in [-0.3, -0.25) is 0 Å². The lowest BCUT2D eigenvalue weighted by molar-refractivity contribution is 0.0465. The van der Waals surface area contributed by atoms with Gasteiger partial charge in [0.15, 0.2) is 11.6 Å². The number of benzene rings is 1. The fraction of sp³-hybridized carbons (Fsp3) is 0.455. The predicted octanol–water partition coefficient (Wildman–Crippen LogP) is 2.97. The molecule has 0 bridgehead atoms. The SMILES string of the molecule is CCC[C@@](C)(O)c1ccc(F)c(F)c1. The van der Waals surface area contributed by atoms with Crippen LogP contribution in [0.3, 0.4) is 0 Å². The van der Waals surface area contributed by atoms with E-state index in [1.54, 1.807) is 6.92 Å². The summed E-state index contributed by atoms with van der Waals surface area (Å²) in [5.41, 5.74) is -0.665. The number of rotatable bonds is 3. The van der Waals surface area contributed by atoms with E-state index in [9.17, 15) is 13.9 Å². The molecule has 0 aliphatic heterocycles. The fourth-order valence-corrected chi connectivity index (χ4v) is 1.46. The van der Waals surface area contributed by atoms with Crippen LogP contribution in [-0.2, 0) is 5.60 Å². The average Bonchev–Trinajstić information content (AvgIpc) is 2.09. The largest absolute Gasteiger partial charge is 0.385 e. The van der Waals surface area contributed by atoms with E-state index in [0.717, 1.165) is 18.6 Å². The minimum Gasteiger partial charge on any atom is -0.385 e. The van der Waals surface area contributed by atoms with Crippen molar-refractivity contribution in [2.75, 3.05) is 0 Å². The van der Waals surface area contributed by atoms with Gasteiger partial charge >= 0.3 is 0 Å². The average molecular weight is 200 g/mol. The van der Waals surface area contributed by atoms with E-state index in [2.05, 4.69) is 0 Å². The fourth-order valence-electron chi connectivity index (χ4n) is 1.46. The van der Waals surface area contributed by atoms with Crippen LogP contribution in [0.1, 0.15) is 32.3 Å². The van der Waals surface area contributed by atoms with Crippen molar-refractivity contribution < 1.29 is 13.9 Å². The highest BCUT2D eigenvalue weighted by atomic mass is 19.2. The van der Waals surface area contributed by atoms with Gasteiger partial charge in [0.2, 0.25) is 0 Å². The molecule has 0 spiro atoms. The van der Waals surface area contributed by atoms with Gasteiger partial charge in [0.25, 0.3) is 0 Å². The molecule has 0 aliphatic rings. The zero-order chi connectivity index (χ0) is 10.8. The summed E-state index contributed by atoms with van der Waals surface area (Å²) in [5, 5.41) is 9.91.